The van der Waals surface area contributed by atoms with E-state index in [0.717, 1.165) is 31.0 Å². The van der Waals surface area contributed by atoms with Crippen molar-refractivity contribution in [3.8, 4) is 5.75 Å². The number of nitrogens with one attached hydrogen (secondary N) is 1. The molecular formula is C17H25N3O. The fraction of sp³-hybridized carbons (Fsp3) is 0.471. The number of rotatable bonds is 7. The molecule has 0 saturated heterocycles. The Bertz CT molecular complexity index is 577. The summed E-state index contributed by atoms with van der Waals surface area (Å²) in [6, 6.07) is 10.6. The van der Waals surface area contributed by atoms with Gasteiger partial charge in [0, 0.05) is 5.69 Å². The van der Waals surface area contributed by atoms with Gasteiger partial charge in [-0.15, -0.1) is 0 Å². The lowest BCUT2D eigenvalue weighted by Crippen LogP contribution is -2.27. The zero-order chi connectivity index (χ0) is 15.2. The second kappa shape index (κ2) is 7.27. The summed E-state index contributed by atoms with van der Waals surface area (Å²) >= 11 is 0. The number of hydrogen-bond acceptors (Lipinski definition) is 3. The van der Waals surface area contributed by atoms with Crippen LogP contribution in [0.4, 0.5) is 0 Å². The zero-order valence-corrected chi connectivity index (χ0v) is 13.4. The van der Waals surface area contributed by atoms with Crippen molar-refractivity contribution in [2.45, 2.75) is 39.8 Å². The summed E-state index contributed by atoms with van der Waals surface area (Å²) in [5, 5.41) is 8.18. The molecule has 114 valence electrons. The van der Waals surface area contributed by atoms with Crippen LogP contribution in [0.15, 0.2) is 30.3 Å². The molecule has 0 amide bonds. The van der Waals surface area contributed by atoms with Crippen LogP contribution < -0.4 is 10.1 Å². The maximum atomic E-state index is 5.34. The smallest absolute Gasteiger partial charge is 0.119 e. The Morgan fingerprint density at radius 3 is 2.71 bits per heavy atom. The Balaban J connectivity index is 2.22. The molecule has 21 heavy (non-hydrogen) atoms. The first kappa shape index (κ1) is 15.6. The van der Waals surface area contributed by atoms with Gasteiger partial charge in [-0.3, -0.25) is 4.68 Å². The number of methoxy groups -OCH3 is 1. The van der Waals surface area contributed by atoms with Gasteiger partial charge in [0.05, 0.1) is 25.4 Å². The Hall–Kier alpha value is -1.81. The lowest BCUT2D eigenvalue weighted by Gasteiger charge is -2.20. The first-order valence-electron chi connectivity index (χ1n) is 7.52. The maximum Gasteiger partial charge on any atom is 0.119 e. The third-order valence-corrected chi connectivity index (χ3v) is 3.60. The van der Waals surface area contributed by atoms with Crippen LogP contribution in [0.2, 0.25) is 0 Å². The minimum atomic E-state index is 0.234. The van der Waals surface area contributed by atoms with Gasteiger partial charge in [-0.1, -0.05) is 19.1 Å². The third-order valence-electron chi connectivity index (χ3n) is 3.60. The van der Waals surface area contributed by atoms with Crippen LogP contribution in [0.25, 0.3) is 0 Å². The summed E-state index contributed by atoms with van der Waals surface area (Å²) < 4.78 is 7.41. The van der Waals surface area contributed by atoms with E-state index in [-0.39, 0.29) is 6.04 Å². The van der Waals surface area contributed by atoms with Crippen molar-refractivity contribution >= 4 is 0 Å². The van der Waals surface area contributed by atoms with Crippen LogP contribution in [0.3, 0.4) is 0 Å². The Morgan fingerprint density at radius 1 is 1.29 bits per heavy atom. The highest BCUT2D eigenvalue weighted by Gasteiger charge is 2.14. The van der Waals surface area contributed by atoms with Crippen molar-refractivity contribution in [1.82, 2.24) is 15.1 Å². The molecule has 0 aliphatic rings. The molecule has 0 spiro atoms. The number of aromatic nitrogens is 2. The monoisotopic (exact) mass is 287 g/mol. The van der Waals surface area contributed by atoms with E-state index >= 15 is 0 Å². The molecule has 1 N–H and O–H groups in total. The van der Waals surface area contributed by atoms with E-state index in [4.69, 9.17) is 4.74 Å². The molecule has 0 aliphatic carbocycles. The first-order valence-corrected chi connectivity index (χ1v) is 7.52. The van der Waals surface area contributed by atoms with Gasteiger partial charge in [-0.05, 0) is 50.6 Å². The van der Waals surface area contributed by atoms with Gasteiger partial charge >= 0.3 is 0 Å². The van der Waals surface area contributed by atoms with Crippen LogP contribution in [-0.2, 0) is 6.54 Å². The summed E-state index contributed by atoms with van der Waals surface area (Å²) in [5.41, 5.74) is 3.49. The lowest BCUT2D eigenvalue weighted by atomic mass is 10.1. The molecule has 0 radical (unpaired) electrons. The topological polar surface area (TPSA) is 39.1 Å². The summed E-state index contributed by atoms with van der Waals surface area (Å²) in [4.78, 5) is 0. The molecule has 1 unspecified atom stereocenters. The average Bonchev–Trinajstić information content (AvgIpc) is 2.81. The van der Waals surface area contributed by atoms with Crippen LogP contribution in [-0.4, -0.2) is 23.4 Å². The molecule has 2 aromatic rings. The first-order chi connectivity index (χ1) is 10.1. The van der Waals surface area contributed by atoms with Crippen molar-refractivity contribution in [3.63, 3.8) is 0 Å². The molecule has 1 heterocycles. The highest BCUT2D eigenvalue weighted by molar-refractivity contribution is 5.30. The van der Waals surface area contributed by atoms with Crippen LogP contribution in [0.1, 0.15) is 36.3 Å². The standard InChI is InChI=1S/C17H25N3O/c1-5-9-18-17(12-20-14(3)10-13(2)19-20)15-7-6-8-16(11-15)21-4/h6-8,10-11,17-18H,5,9,12H2,1-4H3. The highest BCUT2D eigenvalue weighted by Crippen LogP contribution is 2.21. The molecule has 4 heteroatoms. The molecule has 1 aromatic heterocycles. The second-order valence-electron chi connectivity index (χ2n) is 5.39. The molecular weight excluding hydrogens is 262 g/mol. The van der Waals surface area contributed by atoms with E-state index < -0.39 is 0 Å². The van der Waals surface area contributed by atoms with Crippen molar-refractivity contribution in [1.29, 1.82) is 0 Å². The Morgan fingerprint density at radius 2 is 2.10 bits per heavy atom. The molecule has 0 aliphatic heterocycles. The highest BCUT2D eigenvalue weighted by atomic mass is 16.5. The van der Waals surface area contributed by atoms with Gasteiger partial charge in [0.2, 0.25) is 0 Å². The predicted octanol–water partition coefficient (Wildman–Crippen LogP) is 3.25. The quantitative estimate of drug-likeness (QED) is 0.849. The van der Waals surface area contributed by atoms with E-state index in [1.807, 2.05) is 19.1 Å². The van der Waals surface area contributed by atoms with E-state index in [9.17, 15) is 0 Å². The van der Waals surface area contributed by atoms with E-state index in [1.165, 1.54) is 11.3 Å². The van der Waals surface area contributed by atoms with Crippen molar-refractivity contribution in [2.24, 2.45) is 0 Å². The molecule has 4 nitrogen and oxygen atoms in total. The number of ether oxygens (including phenoxy) is 1. The van der Waals surface area contributed by atoms with Crippen molar-refractivity contribution < 1.29 is 4.74 Å². The van der Waals surface area contributed by atoms with Gasteiger partial charge < -0.3 is 10.1 Å². The van der Waals surface area contributed by atoms with Crippen LogP contribution in [0.5, 0.6) is 5.75 Å². The lowest BCUT2D eigenvalue weighted by molar-refractivity contribution is 0.407. The van der Waals surface area contributed by atoms with Crippen LogP contribution >= 0.6 is 0 Å². The normalized spacial score (nSPS) is 12.4. The van der Waals surface area contributed by atoms with Crippen molar-refractivity contribution in [3.05, 3.63) is 47.3 Å². The zero-order valence-electron chi connectivity index (χ0n) is 13.4. The number of benzene rings is 1. The van der Waals surface area contributed by atoms with E-state index in [1.54, 1.807) is 7.11 Å². The van der Waals surface area contributed by atoms with Gasteiger partial charge in [0.15, 0.2) is 0 Å². The molecule has 0 bridgehead atoms. The second-order valence-corrected chi connectivity index (χ2v) is 5.39. The van der Waals surface area contributed by atoms with Gasteiger partial charge in [0.1, 0.15) is 5.75 Å². The number of aryl methyl sites for hydroxylation is 2. The van der Waals surface area contributed by atoms with Crippen LogP contribution in [0, 0.1) is 13.8 Å². The Kier molecular flexibility index (Phi) is 5.39. The predicted molar refractivity (Wildman–Crippen MR) is 85.7 cm³/mol. The van der Waals surface area contributed by atoms with Crippen molar-refractivity contribution in [2.75, 3.05) is 13.7 Å². The molecule has 1 atom stereocenters. The SMILES string of the molecule is CCCNC(Cn1nc(C)cc1C)c1cccc(OC)c1. The van der Waals surface area contributed by atoms with E-state index in [2.05, 4.69) is 47.1 Å². The number of nitrogens with zero attached hydrogens (tertiary/aromatic N) is 2. The fourth-order valence-electron chi connectivity index (χ4n) is 2.50. The number of hydrogen-bond donors (Lipinski definition) is 1. The molecule has 0 fully saturated rings. The van der Waals surface area contributed by atoms with E-state index in [0.29, 0.717) is 0 Å². The fourth-order valence-corrected chi connectivity index (χ4v) is 2.50. The largest absolute Gasteiger partial charge is 0.497 e. The summed E-state index contributed by atoms with van der Waals surface area (Å²) in [6.07, 6.45) is 1.11. The minimum Gasteiger partial charge on any atom is -0.497 e. The van der Waals surface area contributed by atoms with Gasteiger partial charge in [0.25, 0.3) is 0 Å². The maximum absolute atomic E-state index is 5.34. The molecule has 2 rings (SSSR count). The summed E-state index contributed by atoms with van der Waals surface area (Å²) in [5.74, 6) is 0.893. The summed E-state index contributed by atoms with van der Waals surface area (Å²) in [7, 11) is 1.70. The third kappa shape index (κ3) is 4.08. The minimum absolute atomic E-state index is 0.234. The Labute approximate surface area is 127 Å². The van der Waals surface area contributed by atoms with Gasteiger partial charge in [-0.2, -0.15) is 5.10 Å². The molecule has 1 aromatic carbocycles. The molecule has 0 saturated carbocycles. The average molecular weight is 287 g/mol. The van der Waals surface area contributed by atoms with Gasteiger partial charge in [-0.25, -0.2) is 0 Å². The summed E-state index contributed by atoms with van der Waals surface area (Å²) in [6.45, 7) is 8.12.